The normalized spacial score (nSPS) is 10.4. The van der Waals surface area contributed by atoms with Crippen LogP contribution in [0.1, 0.15) is 12.0 Å². The van der Waals surface area contributed by atoms with Gasteiger partial charge in [0.1, 0.15) is 0 Å². The van der Waals surface area contributed by atoms with E-state index in [9.17, 15) is 9.59 Å². The maximum absolute atomic E-state index is 11.7. The van der Waals surface area contributed by atoms with E-state index in [-0.39, 0.29) is 0 Å². The van der Waals surface area contributed by atoms with Crippen LogP contribution in [0.5, 0.6) is 0 Å². The molecule has 0 aliphatic carbocycles. The molecular formula is C14H20BrN3O2. The highest BCUT2D eigenvalue weighted by Crippen LogP contribution is 2.23. The molecule has 0 saturated heterocycles. The van der Waals surface area contributed by atoms with Gasteiger partial charge in [-0.3, -0.25) is 9.59 Å². The van der Waals surface area contributed by atoms with Crippen molar-refractivity contribution in [2.45, 2.75) is 13.3 Å². The van der Waals surface area contributed by atoms with Gasteiger partial charge in [-0.2, -0.15) is 0 Å². The number of halogens is 1. The number of benzene rings is 1. The monoisotopic (exact) mass is 341 g/mol. The van der Waals surface area contributed by atoms with Crippen LogP contribution in [0.25, 0.3) is 0 Å². The molecule has 0 saturated carbocycles. The van der Waals surface area contributed by atoms with Crippen molar-refractivity contribution >= 4 is 33.4 Å². The molecule has 1 aromatic carbocycles. The van der Waals surface area contributed by atoms with Gasteiger partial charge in [0.25, 0.3) is 0 Å². The first-order chi connectivity index (χ1) is 9.40. The maximum Gasteiger partial charge on any atom is 0.313 e. The summed E-state index contributed by atoms with van der Waals surface area (Å²) in [6.45, 7) is 3.30. The van der Waals surface area contributed by atoms with Gasteiger partial charge >= 0.3 is 11.8 Å². The molecule has 0 bridgehead atoms. The van der Waals surface area contributed by atoms with E-state index in [1.807, 2.05) is 38.1 Å². The average Bonchev–Trinajstić information content (AvgIpc) is 2.37. The second-order valence-corrected chi connectivity index (χ2v) is 5.70. The van der Waals surface area contributed by atoms with E-state index in [1.165, 1.54) is 0 Å². The summed E-state index contributed by atoms with van der Waals surface area (Å²) in [7, 11) is 3.92. The number of hydrogen-bond acceptors (Lipinski definition) is 3. The Kier molecular flexibility index (Phi) is 6.67. The average molecular weight is 342 g/mol. The Morgan fingerprint density at radius 1 is 1.25 bits per heavy atom. The minimum absolute atomic E-state index is 0.486. The highest BCUT2D eigenvalue weighted by molar-refractivity contribution is 9.10. The van der Waals surface area contributed by atoms with Gasteiger partial charge in [-0.15, -0.1) is 0 Å². The Balaban J connectivity index is 2.43. The van der Waals surface area contributed by atoms with E-state index in [4.69, 9.17) is 0 Å². The topological polar surface area (TPSA) is 61.4 Å². The molecule has 0 atom stereocenters. The van der Waals surface area contributed by atoms with E-state index < -0.39 is 11.8 Å². The van der Waals surface area contributed by atoms with Gasteiger partial charge in [-0.25, -0.2) is 0 Å². The van der Waals surface area contributed by atoms with Crippen molar-refractivity contribution in [2.75, 3.05) is 32.5 Å². The van der Waals surface area contributed by atoms with Crippen molar-refractivity contribution < 1.29 is 9.59 Å². The summed E-state index contributed by atoms with van der Waals surface area (Å²) < 4.78 is 0.756. The minimum atomic E-state index is -0.653. The lowest BCUT2D eigenvalue weighted by Gasteiger charge is -2.10. The Hall–Kier alpha value is -1.40. The molecule has 0 fully saturated rings. The second-order valence-electron chi connectivity index (χ2n) is 4.85. The van der Waals surface area contributed by atoms with Gasteiger partial charge in [-0.1, -0.05) is 6.07 Å². The first-order valence-corrected chi connectivity index (χ1v) is 7.19. The molecule has 2 amide bonds. The Morgan fingerprint density at radius 2 is 1.95 bits per heavy atom. The highest BCUT2D eigenvalue weighted by Gasteiger charge is 2.14. The smallest absolute Gasteiger partial charge is 0.313 e. The summed E-state index contributed by atoms with van der Waals surface area (Å²) in [6.07, 6.45) is 0.806. The predicted molar refractivity (Wildman–Crippen MR) is 83.7 cm³/mol. The van der Waals surface area contributed by atoms with Gasteiger partial charge in [0.15, 0.2) is 0 Å². The first kappa shape index (κ1) is 16.7. The van der Waals surface area contributed by atoms with Crippen molar-refractivity contribution in [3.8, 4) is 0 Å². The SMILES string of the molecule is Cc1ccc(NC(=O)C(=O)NCCCN(C)C)c(Br)c1. The zero-order chi connectivity index (χ0) is 15.1. The van der Waals surface area contributed by atoms with Crippen LogP contribution < -0.4 is 10.6 Å². The highest BCUT2D eigenvalue weighted by atomic mass is 79.9. The molecule has 0 aliphatic heterocycles. The van der Waals surface area contributed by atoms with Gasteiger partial charge in [-0.05, 0) is 67.6 Å². The number of hydrogen-bond donors (Lipinski definition) is 2. The van der Waals surface area contributed by atoms with Crippen LogP contribution in [0.3, 0.4) is 0 Å². The van der Waals surface area contributed by atoms with Crippen LogP contribution in [-0.2, 0) is 9.59 Å². The number of nitrogens with zero attached hydrogens (tertiary/aromatic N) is 1. The molecule has 0 radical (unpaired) electrons. The van der Waals surface area contributed by atoms with Crippen molar-refractivity contribution in [1.29, 1.82) is 0 Å². The van der Waals surface area contributed by atoms with E-state index >= 15 is 0 Å². The van der Waals surface area contributed by atoms with Crippen molar-refractivity contribution in [1.82, 2.24) is 10.2 Å². The van der Waals surface area contributed by atoms with E-state index in [1.54, 1.807) is 6.07 Å². The molecule has 20 heavy (non-hydrogen) atoms. The molecule has 2 N–H and O–H groups in total. The largest absolute Gasteiger partial charge is 0.348 e. The summed E-state index contributed by atoms with van der Waals surface area (Å²) >= 11 is 3.35. The molecule has 110 valence electrons. The lowest BCUT2D eigenvalue weighted by molar-refractivity contribution is -0.136. The predicted octanol–water partition coefficient (Wildman–Crippen LogP) is 1.76. The summed E-state index contributed by atoms with van der Waals surface area (Å²) in [5, 5.41) is 5.17. The van der Waals surface area contributed by atoms with E-state index in [0.29, 0.717) is 12.2 Å². The van der Waals surface area contributed by atoms with Gasteiger partial charge < -0.3 is 15.5 Å². The fraction of sp³-hybridized carbons (Fsp3) is 0.429. The number of anilines is 1. The Bertz CT molecular complexity index is 489. The number of rotatable bonds is 5. The third kappa shape index (κ3) is 5.71. The lowest BCUT2D eigenvalue weighted by atomic mass is 10.2. The lowest BCUT2D eigenvalue weighted by Crippen LogP contribution is -2.36. The molecule has 1 rings (SSSR count). The van der Waals surface area contributed by atoms with Crippen LogP contribution >= 0.6 is 15.9 Å². The Morgan fingerprint density at radius 3 is 2.55 bits per heavy atom. The van der Waals surface area contributed by atoms with Crippen LogP contribution in [0.2, 0.25) is 0 Å². The molecular weight excluding hydrogens is 322 g/mol. The number of nitrogens with one attached hydrogen (secondary N) is 2. The summed E-state index contributed by atoms with van der Waals surface area (Å²) in [6, 6.07) is 5.51. The van der Waals surface area contributed by atoms with Crippen molar-refractivity contribution in [3.05, 3.63) is 28.2 Å². The molecule has 6 heteroatoms. The van der Waals surface area contributed by atoms with Crippen molar-refractivity contribution in [3.63, 3.8) is 0 Å². The van der Waals surface area contributed by atoms with E-state index in [2.05, 4.69) is 26.6 Å². The molecule has 0 unspecified atom stereocenters. The molecule has 0 spiro atoms. The zero-order valence-electron chi connectivity index (χ0n) is 12.0. The standard InChI is InChI=1S/C14H20BrN3O2/c1-10-5-6-12(11(15)9-10)17-14(20)13(19)16-7-4-8-18(2)3/h5-6,9H,4,7-8H2,1-3H3,(H,16,19)(H,17,20). The summed E-state index contributed by atoms with van der Waals surface area (Å²) in [4.78, 5) is 25.4. The quantitative estimate of drug-likeness (QED) is 0.633. The van der Waals surface area contributed by atoms with E-state index in [0.717, 1.165) is 23.0 Å². The third-order valence-corrected chi connectivity index (χ3v) is 3.30. The minimum Gasteiger partial charge on any atom is -0.348 e. The number of amides is 2. The summed E-state index contributed by atoms with van der Waals surface area (Å²) in [5.41, 5.74) is 1.66. The molecule has 1 aromatic rings. The molecule has 5 nitrogen and oxygen atoms in total. The van der Waals surface area contributed by atoms with Gasteiger partial charge in [0, 0.05) is 11.0 Å². The van der Waals surface area contributed by atoms with Gasteiger partial charge in [0.2, 0.25) is 0 Å². The van der Waals surface area contributed by atoms with Crippen LogP contribution in [0, 0.1) is 6.92 Å². The fourth-order valence-corrected chi connectivity index (χ4v) is 2.17. The molecule has 0 heterocycles. The van der Waals surface area contributed by atoms with Gasteiger partial charge in [0.05, 0.1) is 5.69 Å². The fourth-order valence-electron chi connectivity index (χ4n) is 1.58. The number of carbonyl (C=O) groups is 2. The van der Waals surface area contributed by atoms with Crippen LogP contribution in [0.4, 0.5) is 5.69 Å². The molecule has 0 aromatic heterocycles. The molecule has 0 aliphatic rings. The zero-order valence-corrected chi connectivity index (χ0v) is 13.6. The first-order valence-electron chi connectivity index (χ1n) is 6.40. The third-order valence-electron chi connectivity index (χ3n) is 2.65. The van der Waals surface area contributed by atoms with Crippen molar-refractivity contribution in [2.24, 2.45) is 0 Å². The summed E-state index contributed by atoms with van der Waals surface area (Å²) in [5.74, 6) is -1.27. The second kappa shape index (κ2) is 8.01. The number of carbonyl (C=O) groups excluding carboxylic acids is 2. The van der Waals surface area contributed by atoms with Crippen LogP contribution in [-0.4, -0.2) is 43.9 Å². The number of aryl methyl sites for hydroxylation is 1. The van der Waals surface area contributed by atoms with Crippen LogP contribution in [0.15, 0.2) is 22.7 Å². The maximum atomic E-state index is 11.7. The Labute approximate surface area is 127 Å².